The van der Waals surface area contributed by atoms with Crippen LogP contribution in [0.3, 0.4) is 0 Å². The monoisotopic (exact) mass is 725 g/mol. The second kappa shape index (κ2) is 17.2. The van der Waals surface area contributed by atoms with Crippen molar-refractivity contribution in [3.63, 3.8) is 0 Å². The summed E-state index contributed by atoms with van der Waals surface area (Å²) in [6.45, 7) is 6.79. The van der Waals surface area contributed by atoms with Crippen molar-refractivity contribution in [2.75, 3.05) is 45.9 Å². The number of carbonyl (C=O) groups excluding carboxylic acids is 2. The van der Waals surface area contributed by atoms with Crippen LogP contribution in [0.1, 0.15) is 48.0 Å². The minimum absolute atomic E-state index is 0.00368. The first-order valence-electron chi connectivity index (χ1n) is 18.4. The summed E-state index contributed by atoms with van der Waals surface area (Å²) < 4.78 is 39.4. The molecule has 3 aliphatic heterocycles. The molecule has 1 atom stereocenters. The third-order valence-electron chi connectivity index (χ3n) is 9.99. The zero-order chi connectivity index (χ0) is 36.6. The Kier molecular flexibility index (Phi) is 11.8. The summed E-state index contributed by atoms with van der Waals surface area (Å²) in [7, 11) is 0. The van der Waals surface area contributed by atoms with Gasteiger partial charge in [0.2, 0.25) is 11.8 Å². The number of pyridine rings is 1. The van der Waals surface area contributed by atoms with Crippen molar-refractivity contribution >= 4 is 17.6 Å². The predicted molar refractivity (Wildman–Crippen MR) is 198 cm³/mol. The van der Waals surface area contributed by atoms with Gasteiger partial charge < -0.3 is 30.3 Å². The summed E-state index contributed by atoms with van der Waals surface area (Å²) in [4.78, 5) is 38.9. The number of nitrogens with zero attached hydrogens (tertiary/aromatic N) is 4. The molecule has 1 saturated carbocycles. The molecule has 0 spiro atoms. The van der Waals surface area contributed by atoms with Gasteiger partial charge in [-0.2, -0.15) is 0 Å². The number of morpholine rings is 1. The number of nitrogens with one attached hydrogen (secondary N) is 3. The minimum Gasteiger partial charge on any atom is -0.438 e. The molecule has 278 valence electrons. The molecule has 1 aromatic heterocycles. The number of aromatic nitrogens is 1. The van der Waals surface area contributed by atoms with Gasteiger partial charge in [-0.05, 0) is 92.2 Å². The number of halogens is 2. The third kappa shape index (κ3) is 9.72. The third-order valence-corrected chi connectivity index (χ3v) is 9.99. The Hall–Kier alpha value is -4.98. The second-order valence-electron chi connectivity index (χ2n) is 13.9. The van der Waals surface area contributed by atoms with E-state index in [1.165, 1.54) is 17.8 Å². The van der Waals surface area contributed by atoms with Crippen LogP contribution in [0.5, 0.6) is 11.6 Å². The minimum atomic E-state index is -0.644. The van der Waals surface area contributed by atoms with E-state index >= 15 is 0 Å². The average molecular weight is 726 g/mol. The van der Waals surface area contributed by atoms with Crippen LogP contribution in [0.25, 0.3) is 11.1 Å². The molecule has 53 heavy (non-hydrogen) atoms. The Morgan fingerprint density at radius 1 is 0.925 bits per heavy atom. The van der Waals surface area contributed by atoms with Crippen molar-refractivity contribution in [3.8, 4) is 22.8 Å². The Labute approximate surface area is 308 Å². The molecule has 11 nitrogen and oxygen atoms in total. The molecular formula is C40H45F2N7O4. The smallest absolute Gasteiger partial charge is 0.257 e. The first-order valence-corrected chi connectivity index (χ1v) is 18.4. The van der Waals surface area contributed by atoms with E-state index in [1.54, 1.807) is 17.0 Å². The van der Waals surface area contributed by atoms with Crippen LogP contribution in [0.2, 0.25) is 0 Å². The lowest BCUT2D eigenvalue weighted by atomic mass is 9.90. The van der Waals surface area contributed by atoms with E-state index < -0.39 is 17.8 Å². The number of aliphatic imine (C=N–C) groups is 1. The number of allylic oxidation sites excluding steroid dienone is 2. The number of carbonyl (C=O) groups is 2. The molecule has 1 saturated heterocycles. The zero-order valence-electron chi connectivity index (χ0n) is 29.6. The number of ether oxygens (including phenoxy) is 2. The Morgan fingerprint density at radius 3 is 2.49 bits per heavy atom. The molecule has 4 heterocycles. The largest absolute Gasteiger partial charge is 0.438 e. The lowest BCUT2D eigenvalue weighted by Gasteiger charge is -2.30. The molecule has 1 aliphatic carbocycles. The van der Waals surface area contributed by atoms with E-state index in [0.717, 1.165) is 75.7 Å². The quantitative estimate of drug-likeness (QED) is 0.208. The van der Waals surface area contributed by atoms with E-state index in [2.05, 4.69) is 55.1 Å². The van der Waals surface area contributed by atoms with Gasteiger partial charge in [-0.3, -0.25) is 19.5 Å². The molecule has 1 unspecified atom stereocenters. The van der Waals surface area contributed by atoms with Crippen molar-refractivity contribution in [2.24, 2.45) is 4.99 Å². The SMILES string of the molecule is O=C(N[C@H]1CC[C@@H](NC(=O)C2CN3C=C(F)C=CC3=N2)CC1)c1cc(F)cnc1Oc1cccc(-c2ccc(CNCCCN3CCOCC3)cc2)c1. The van der Waals surface area contributed by atoms with Crippen molar-refractivity contribution in [1.82, 2.24) is 30.7 Å². The fourth-order valence-corrected chi connectivity index (χ4v) is 7.06. The van der Waals surface area contributed by atoms with Crippen molar-refractivity contribution in [1.29, 1.82) is 0 Å². The number of rotatable bonds is 13. The molecule has 2 fully saturated rings. The Morgan fingerprint density at radius 2 is 1.70 bits per heavy atom. The van der Waals surface area contributed by atoms with E-state index in [9.17, 15) is 18.4 Å². The van der Waals surface area contributed by atoms with Gasteiger partial charge in [-0.15, -0.1) is 0 Å². The van der Waals surface area contributed by atoms with E-state index in [1.807, 2.05) is 18.2 Å². The van der Waals surface area contributed by atoms with Gasteiger partial charge in [0.15, 0.2) is 0 Å². The van der Waals surface area contributed by atoms with Crippen LogP contribution in [-0.2, 0) is 16.1 Å². The van der Waals surface area contributed by atoms with Gasteiger partial charge in [-0.25, -0.2) is 13.8 Å². The molecule has 3 aromatic rings. The van der Waals surface area contributed by atoms with Crippen molar-refractivity contribution in [2.45, 2.75) is 56.8 Å². The molecule has 3 N–H and O–H groups in total. The highest BCUT2D eigenvalue weighted by molar-refractivity contribution is 6.00. The molecule has 0 radical (unpaired) electrons. The predicted octanol–water partition coefficient (Wildman–Crippen LogP) is 5.11. The van der Waals surface area contributed by atoms with Gasteiger partial charge in [0.05, 0.1) is 26.0 Å². The van der Waals surface area contributed by atoms with Gasteiger partial charge in [-0.1, -0.05) is 36.4 Å². The molecule has 4 aliphatic rings. The van der Waals surface area contributed by atoms with Crippen LogP contribution in [-0.4, -0.2) is 96.5 Å². The summed E-state index contributed by atoms with van der Waals surface area (Å²) in [6, 6.07) is 16.2. The van der Waals surface area contributed by atoms with Gasteiger partial charge >= 0.3 is 0 Å². The number of amidine groups is 1. The standard InChI is InChI=1S/C40H45F2N7O4/c41-30-9-14-37-47-36(26-49(37)25-30)39(51)46-33-12-10-32(11-13-33)45-38(50)35-22-31(42)24-44-40(35)53-34-4-1-3-29(21-34)28-7-5-27(6-8-28)23-43-15-2-16-48-17-19-52-20-18-48/h1,3-9,14,21-22,24-25,32-33,36,43H,2,10-13,15-20,23,26H2,(H,45,50)(H,46,51)/t32-,33+,36?. The van der Waals surface area contributed by atoms with Crippen LogP contribution in [0.15, 0.2) is 90.0 Å². The lowest BCUT2D eigenvalue weighted by Crippen LogP contribution is -2.46. The summed E-state index contributed by atoms with van der Waals surface area (Å²) in [5, 5.41) is 9.60. The number of hydrogen-bond acceptors (Lipinski definition) is 9. The summed E-state index contributed by atoms with van der Waals surface area (Å²) >= 11 is 0. The van der Waals surface area contributed by atoms with Crippen LogP contribution in [0.4, 0.5) is 8.78 Å². The number of amides is 2. The van der Waals surface area contributed by atoms with Crippen molar-refractivity contribution in [3.05, 3.63) is 102 Å². The Bertz CT molecular complexity index is 1850. The van der Waals surface area contributed by atoms with E-state index in [4.69, 9.17) is 9.47 Å². The molecule has 13 heteroatoms. The maximum Gasteiger partial charge on any atom is 0.257 e. The number of hydrogen-bond donors (Lipinski definition) is 3. The molecule has 0 bridgehead atoms. The molecule has 2 aromatic carbocycles. The maximum absolute atomic E-state index is 14.4. The summed E-state index contributed by atoms with van der Waals surface area (Å²) in [5.41, 5.74) is 3.15. The zero-order valence-corrected chi connectivity index (χ0v) is 29.6. The van der Waals surface area contributed by atoms with E-state index in [-0.39, 0.29) is 35.3 Å². The van der Waals surface area contributed by atoms with Crippen molar-refractivity contribution < 1.29 is 27.8 Å². The number of fused-ring (bicyclic) bond motifs is 1. The highest BCUT2D eigenvalue weighted by Crippen LogP contribution is 2.29. The van der Waals surface area contributed by atoms with Gasteiger partial charge in [0, 0.05) is 37.9 Å². The Balaban J connectivity index is 0.888. The topological polar surface area (TPSA) is 120 Å². The van der Waals surface area contributed by atoms with Gasteiger partial charge in [0.25, 0.3) is 5.91 Å². The highest BCUT2D eigenvalue weighted by atomic mass is 19.1. The maximum atomic E-state index is 14.4. The normalized spacial score (nSPS) is 21.4. The van der Waals surface area contributed by atoms with Gasteiger partial charge in [0.1, 0.15) is 34.8 Å². The fraction of sp³-hybridized carbons (Fsp3) is 0.400. The van der Waals surface area contributed by atoms with Crippen LogP contribution >= 0.6 is 0 Å². The second-order valence-corrected chi connectivity index (χ2v) is 13.9. The summed E-state index contributed by atoms with van der Waals surface area (Å²) in [6.07, 6.45) is 8.93. The first-order chi connectivity index (χ1) is 25.9. The number of benzene rings is 2. The fourth-order valence-electron chi connectivity index (χ4n) is 7.06. The average Bonchev–Trinajstić information content (AvgIpc) is 3.61. The summed E-state index contributed by atoms with van der Waals surface area (Å²) in [5.74, 6) is -0.648. The molecule has 7 rings (SSSR count). The van der Waals surface area contributed by atoms with Crippen LogP contribution < -0.4 is 20.7 Å². The van der Waals surface area contributed by atoms with E-state index in [0.29, 0.717) is 43.8 Å². The highest BCUT2D eigenvalue weighted by Gasteiger charge is 2.32. The van der Waals surface area contributed by atoms with Crippen LogP contribution in [0, 0.1) is 5.82 Å². The lowest BCUT2D eigenvalue weighted by molar-refractivity contribution is -0.123. The first kappa shape index (κ1) is 36.4. The molecular weight excluding hydrogens is 680 g/mol. The molecule has 2 amide bonds.